The number of carbonyl (C=O) groups is 1. The summed E-state index contributed by atoms with van der Waals surface area (Å²) >= 11 is 0. The second kappa shape index (κ2) is 45.4. The van der Waals surface area contributed by atoms with Gasteiger partial charge in [0, 0.05) is 6.42 Å². The summed E-state index contributed by atoms with van der Waals surface area (Å²) in [5, 5.41) is 53.8. The molecule has 1 fully saturated rings. The number of allylic oxidation sites excluding steroid dienone is 11. The average molecular weight is 914 g/mol. The van der Waals surface area contributed by atoms with Crippen LogP contribution in [0.25, 0.3) is 0 Å². The summed E-state index contributed by atoms with van der Waals surface area (Å²) in [5.74, 6) is -0.184. The van der Waals surface area contributed by atoms with Crippen LogP contribution in [0.2, 0.25) is 0 Å². The summed E-state index contributed by atoms with van der Waals surface area (Å²) < 4.78 is 11.1. The second-order valence-electron chi connectivity index (χ2n) is 18.3. The topological polar surface area (TPSA) is 149 Å². The number of amides is 1. The van der Waals surface area contributed by atoms with E-state index in [2.05, 4.69) is 79.9 Å². The third kappa shape index (κ3) is 35.4. The number of carbonyl (C=O) groups excluding carboxylic acids is 1. The zero-order valence-electron chi connectivity index (χ0n) is 41.5. The molecule has 376 valence electrons. The molecule has 1 heterocycles. The highest BCUT2D eigenvalue weighted by Crippen LogP contribution is 2.23. The third-order valence-corrected chi connectivity index (χ3v) is 12.3. The molecule has 9 heteroatoms. The predicted molar refractivity (Wildman–Crippen MR) is 272 cm³/mol. The number of rotatable bonds is 44. The Hall–Kier alpha value is -2.37. The molecule has 1 amide bonds. The lowest BCUT2D eigenvalue weighted by atomic mass is 9.99. The van der Waals surface area contributed by atoms with E-state index in [9.17, 15) is 30.3 Å². The number of hydrogen-bond acceptors (Lipinski definition) is 8. The van der Waals surface area contributed by atoms with E-state index >= 15 is 0 Å². The normalized spacial score (nSPS) is 20.5. The Morgan fingerprint density at radius 1 is 0.538 bits per heavy atom. The van der Waals surface area contributed by atoms with E-state index in [4.69, 9.17) is 9.47 Å². The molecule has 6 N–H and O–H groups in total. The molecule has 1 aliphatic heterocycles. The molecule has 1 saturated heterocycles. The quantitative estimate of drug-likeness (QED) is 0.0261. The van der Waals surface area contributed by atoms with Crippen LogP contribution in [0.5, 0.6) is 0 Å². The van der Waals surface area contributed by atoms with Crippen molar-refractivity contribution in [3.8, 4) is 0 Å². The minimum atomic E-state index is -1.56. The Morgan fingerprint density at radius 2 is 0.954 bits per heavy atom. The fraction of sp³-hybridized carbons (Fsp3) is 0.768. The smallest absolute Gasteiger partial charge is 0.220 e. The molecule has 1 rings (SSSR count). The van der Waals surface area contributed by atoms with Gasteiger partial charge in [0.1, 0.15) is 24.4 Å². The molecule has 0 bridgehead atoms. The molecule has 7 unspecified atom stereocenters. The largest absolute Gasteiger partial charge is 0.394 e. The molecule has 9 nitrogen and oxygen atoms in total. The number of hydrogen-bond donors (Lipinski definition) is 6. The molecule has 0 aromatic carbocycles. The summed E-state index contributed by atoms with van der Waals surface area (Å²) in [6.07, 6.45) is 56.2. The number of aliphatic hydroxyl groups excluding tert-OH is 5. The van der Waals surface area contributed by atoms with Gasteiger partial charge in [-0.05, 0) is 64.2 Å². The Kier molecular flexibility index (Phi) is 42.4. The molecule has 1 aliphatic rings. The van der Waals surface area contributed by atoms with E-state index in [0.717, 1.165) is 77.0 Å². The van der Waals surface area contributed by atoms with E-state index in [-0.39, 0.29) is 12.5 Å². The van der Waals surface area contributed by atoms with Crippen LogP contribution in [0, 0.1) is 0 Å². The maximum Gasteiger partial charge on any atom is 0.220 e. The lowest BCUT2D eigenvalue weighted by Crippen LogP contribution is -2.60. The zero-order chi connectivity index (χ0) is 47.3. The van der Waals surface area contributed by atoms with E-state index in [1.165, 1.54) is 122 Å². The molecule has 0 radical (unpaired) electrons. The van der Waals surface area contributed by atoms with Crippen molar-refractivity contribution in [3.63, 3.8) is 0 Å². The van der Waals surface area contributed by atoms with Gasteiger partial charge in [0.2, 0.25) is 5.91 Å². The summed E-state index contributed by atoms with van der Waals surface area (Å²) in [4.78, 5) is 12.9. The second-order valence-corrected chi connectivity index (χ2v) is 18.3. The van der Waals surface area contributed by atoms with E-state index in [0.29, 0.717) is 6.42 Å². The monoisotopic (exact) mass is 914 g/mol. The number of unbranched alkanes of at least 4 members (excludes halogenated alkanes) is 24. The maximum absolute atomic E-state index is 12.9. The van der Waals surface area contributed by atoms with Crippen LogP contribution >= 0.6 is 0 Å². The van der Waals surface area contributed by atoms with Crippen molar-refractivity contribution in [2.45, 2.75) is 262 Å². The number of aliphatic hydroxyl groups is 5. The van der Waals surface area contributed by atoms with Crippen LogP contribution < -0.4 is 5.32 Å². The summed E-state index contributed by atoms with van der Waals surface area (Å²) in [5.41, 5.74) is 0. The van der Waals surface area contributed by atoms with Gasteiger partial charge in [0.05, 0.1) is 25.4 Å². The van der Waals surface area contributed by atoms with Gasteiger partial charge in [-0.25, -0.2) is 0 Å². The van der Waals surface area contributed by atoms with Gasteiger partial charge >= 0.3 is 0 Å². The first kappa shape index (κ1) is 60.6. The molecule has 65 heavy (non-hydrogen) atoms. The lowest BCUT2D eigenvalue weighted by Gasteiger charge is -2.40. The Balaban J connectivity index is 1.98. The van der Waals surface area contributed by atoms with Crippen molar-refractivity contribution >= 4 is 5.91 Å². The molecule has 7 atom stereocenters. The first-order chi connectivity index (χ1) is 31.8. The molecule has 0 spiro atoms. The lowest BCUT2D eigenvalue weighted by molar-refractivity contribution is -0.302. The zero-order valence-corrected chi connectivity index (χ0v) is 41.5. The Morgan fingerprint density at radius 3 is 1.42 bits per heavy atom. The molecule has 0 saturated carbocycles. The first-order valence-corrected chi connectivity index (χ1v) is 26.7. The Bertz CT molecular complexity index is 1240. The highest BCUT2D eigenvalue weighted by molar-refractivity contribution is 5.76. The van der Waals surface area contributed by atoms with Crippen molar-refractivity contribution in [1.29, 1.82) is 0 Å². The van der Waals surface area contributed by atoms with E-state index in [1.54, 1.807) is 6.08 Å². The van der Waals surface area contributed by atoms with Crippen LogP contribution in [0.15, 0.2) is 72.9 Å². The fourth-order valence-corrected chi connectivity index (χ4v) is 8.07. The third-order valence-electron chi connectivity index (χ3n) is 12.3. The first-order valence-electron chi connectivity index (χ1n) is 26.7. The maximum atomic E-state index is 12.9. The van der Waals surface area contributed by atoms with Crippen LogP contribution in [0.3, 0.4) is 0 Å². The van der Waals surface area contributed by atoms with Crippen molar-refractivity contribution in [1.82, 2.24) is 5.32 Å². The predicted octanol–water partition coefficient (Wildman–Crippen LogP) is 12.5. The average Bonchev–Trinajstić information content (AvgIpc) is 3.31. The molecule has 0 aromatic heterocycles. The van der Waals surface area contributed by atoms with Gasteiger partial charge in [-0.1, -0.05) is 222 Å². The van der Waals surface area contributed by atoms with Gasteiger partial charge in [-0.3, -0.25) is 4.79 Å². The van der Waals surface area contributed by atoms with Gasteiger partial charge < -0.3 is 40.3 Å². The fourth-order valence-electron chi connectivity index (χ4n) is 8.07. The van der Waals surface area contributed by atoms with E-state index < -0.39 is 49.5 Å². The Labute approximate surface area is 398 Å². The highest BCUT2D eigenvalue weighted by Gasteiger charge is 2.44. The summed E-state index contributed by atoms with van der Waals surface area (Å²) in [6.45, 7) is 3.54. The van der Waals surface area contributed by atoms with Crippen molar-refractivity contribution in [2.24, 2.45) is 0 Å². The molecule has 0 aromatic rings. The van der Waals surface area contributed by atoms with Gasteiger partial charge in [0.15, 0.2) is 6.29 Å². The van der Waals surface area contributed by atoms with Gasteiger partial charge in [-0.15, -0.1) is 0 Å². The standard InChI is InChI=1S/C56H99NO8/c1-3-5-7-9-10-11-12-13-14-15-16-17-18-19-20-21-22-23-24-25-26-27-28-29-30-31-32-33-34-35-36-37-38-39-40-42-44-46-52(60)57-49(50(59)45-43-41-8-6-4-2)48-64-56-55(63)54(62)53(61)51(47-58)65-56/h5,7,10-11,13-14,16-17,19-20,43,45,49-51,53-56,58-59,61-63H,3-4,6,8-9,12,15,18,21-42,44,46-48H2,1-2H3,(H,57,60)/b7-5-,11-10-,14-13-,17-16-,20-19-,45-43+. The molecule has 0 aliphatic carbocycles. The number of ether oxygens (including phenoxy) is 2. The van der Waals surface area contributed by atoms with Crippen LogP contribution in [0.1, 0.15) is 219 Å². The number of nitrogens with one attached hydrogen (secondary N) is 1. The van der Waals surface area contributed by atoms with Gasteiger partial charge in [-0.2, -0.15) is 0 Å². The molecular formula is C56H99NO8. The summed E-state index contributed by atoms with van der Waals surface area (Å²) in [6, 6.07) is -0.801. The van der Waals surface area contributed by atoms with Crippen molar-refractivity contribution < 1.29 is 39.8 Å². The SMILES string of the molecule is CC/C=C\C/C=C\C/C=C\C/C=C\C/C=C\CCCCCCCCCCCCCCCCCCCCCCCC(=O)NC(COC1OC(CO)C(O)C(O)C1O)C(O)/C=C/CCCCC. The van der Waals surface area contributed by atoms with Crippen LogP contribution in [0.4, 0.5) is 0 Å². The molecular weight excluding hydrogens is 815 g/mol. The van der Waals surface area contributed by atoms with Crippen LogP contribution in [-0.4, -0.2) is 87.5 Å². The van der Waals surface area contributed by atoms with Crippen LogP contribution in [-0.2, 0) is 14.3 Å². The van der Waals surface area contributed by atoms with Crippen molar-refractivity contribution in [3.05, 3.63) is 72.9 Å². The highest BCUT2D eigenvalue weighted by atomic mass is 16.7. The minimum Gasteiger partial charge on any atom is -0.394 e. The van der Waals surface area contributed by atoms with Gasteiger partial charge in [0.25, 0.3) is 0 Å². The van der Waals surface area contributed by atoms with E-state index in [1.807, 2.05) is 6.08 Å². The summed E-state index contributed by atoms with van der Waals surface area (Å²) in [7, 11) is 0. The minimum absolute atomic E-state index is 0.184. The van der Waals surface area contributed by atoms with Crippen molar-refractivity contribution in [2.75, 3.05) is 13.2 Å².